The molecule has 1 aromatic heterocycles. The number of halogens is 3. The summed E-state index contributed by atoms with van der Waals surface area (Å²) in [4.78, 5) is 14.3. The predicted octanol–water partition coefficient (Wildman–Crippen LogP) is 2.65. The second-order valence-corrected chi connectivity index (χ2v) is 3.93. The summed E-state index contributed by atoms with van der Waals surface area (Å²) in [6, 6.07) is 1.06. The summed E-state index contributed by atoms with van der Waals surface area (Å²) >= 11 is 0. The number of rotatable bonds is 2. The second-order valence-electron chi connectivity index (χ2n) is 3.93. The fraction of sp³-hybridized carbons (Fsp3) is 0.455. The largest absolute Gasteiger partial charge is 0.478 e. The van der Waals surface area contributed by atoms with Crippen LogP contribution in [0.15, 0.2) is 12.3 Å². The van der Waals surface area contributed by atoms with Crippen molar-refractivity contribution in [2.24, 2.45) is 0 Å². The first-order valence-electron chi connectivity index (χ1n) is 5.32. The van der Waals surface area contributed by atoms with Crippen molar-refractivity contribution >= 4 is 5.97 Å². The molecule has 0 bridgehead atoms. The number of carbonyl (C=O) groups is 1. The zero-order chi connectivity index (χ0) is 13.3. The van der Waals surface area contributed by atoms with Gasteiger partial charge in [-0.1, -0.05) is 0 Å². The lowest BCUT2D eigenvalue weighted by molar-refractivity contribution is -0.143. The molecule has 1 fully saturated rings. The minimum absolute atomic E-state index is 0.329. The van der Waals surface area contributed by atoms with Crippen molar-refractivity contribution in [1.82, 2.24) is 4.98 Å². The maximum absolute atomic E-state index is 12.8. The Kier molecular flexibility index (Phi) is 3.25. The van der Waals surface area contributed by atoms with E-state index in [1.807, 2.05) is 0 Å². The number of pyridine rings is 1. The van der Waals surface area contributed by atoms with E-state index < -0.39 is 29.5 Å². The molecule has 18 heavy (non-hydrogen) atoms. The Morgan fingerprint density at radius 2 is 2.22 bits per heavy atom. The Labute approximate surface area is 100 Å². The summed E-state index contributed by atoms with van der Waals surface area (Å²) in [6.07, 6.45) is -3.70. The van der Waals surface area contributed by atoms with E-state index in [0.717, 1.165) is 12.3 Å². The topological polar surface area (TPSA) is 59.4 Å². The quantitative estimate of drug-likeness (QED) is 0.889. The molecule has 4 nitrogen and oxygen atoms in total. The minimum atomic E-state index is -4.69. The molecule has 1 N–H and O–H groups in total. The van der Waals surface area contributed by atoms with Gasteiger partial charge in [-0.3, -0.25) is 4.98 Å². The molecule has 0 saturated carbocycles. The van der Waals surface area contributed by atoms with Crippen molar-refractivity contribution in [3.8, 4) is 0 Å². The number of aromatic carboxylic acids is 1. The molecule has 0 spiro atoms. The summed E-state index contributed by atoms with van der Waals surface area (Å²) in [7, 11) is 0. The fourth-order valence-electron chi connectivity index (χ4n) is 2.02. The summed E-state index contributed by atoms with van der Waals surface area (Å²) in [5.41, 5.74) is -1.94. The average Bonchev–Trinajstić information content (AvgIpc) is 2.79. The third kappa shape index (κ3) is 2.31. The van der Waals surface area contributed by atoms with Crippen LogP contribution in [0.4, 0.5) is 13.2 Å². The molecule has 2 heterocycles. The van der Waals surface area contributed by atoms with Gasteiger partial charge >= 0.3 is 12.1 Å². The van der Waals surface area contributed by atoms with E-state index in [1.54, 1.807) is 0 Å². The van der Waals surface area contributed by atoms with Crippen molar-refractivity contribution in [2.45, 2.75) is 25.1 Å². The van der Waals surface area contributed by atoms with Crippen LogP contribution in [0, 0.1) is 0 Å². The first-order chi connectivity index (χ1) is 8.41. The summed E-state index contributed by atoms with van der Waals surface area (Å²) in [5.74, 6) is -1.41. The summed E-state index contributed by atoms with van der Waals surface area (Å²) in [6.45, 7) is 0.329. The highest BCUT2D eigenvalue weighted by atomic mass is 19.4. The molecule has 0 aliphatic carbocycles. The van der Waals surface area contributed by atoms with E-state index in [4.69, 9.17) is 9.84 Å². The molecular formula is C11H10F3NO3. The van der Waals surface area contributed by atoms with Crippen LogP contribution in [0.5, 0.6) is 0 Å². The number of ether oxygens (including phenoxy) is 1. The van der Waals surface area contributed by atoms with Crippen LogP contribution in [0.1, 0.15) is 40.6 Å². The number of alkyl halides is 3. The normalized spacial score (nSPS) is 20.1. The summed E-state index contributed by atoms with van der Waals surface area (Å²) in [5, 5.41) is 8.97. The lowest BCUT2D eigenvalue weighted by Crippen LogP contribution is -2.18. The van der Waals surface area contributed by atoms with Crippen LogP contribution in [0.3, 0.4) is 0 Å². The third-order valence-corrected chi connectivity index (χ3v) is 2.74. The molecule has 1 atom stereocenters. The summed E-state index contributed by atoms with van der Waals surface area (Å²) < 4.78 is 43.7. The van der Waals surface area contributed by atoms with Crippen molar-refractivity contribution in [1.29, 1.82) is 0 Å². The smallest absolute Gasteiger partial charge is 0.433 e. The van der Waals surface area contributed by atoms with Crippen molar-refractivity contribution in [2.75, 3.05) is 6.61 Å². The van der Waals surface area contributed by atoms with Gasteiger partial charge in [0.05, 0.1) is 11.7 Å². The fourth-order valence-corrected chi connectivity index (χ4v) is 2.02. The van der Waals surface area contributed by atoms with Gasteiger partial charge in [-0.15, -0.1) is 0 Å². The zero-order valence-electron chi connectivity index (χ0n) is 9.20. The highest BCUT2D eigenvalue weighted by Gasteiger charge is 2.40. The van der Waals surface area contributed by atoms with Gasteiger partial charge in [0.1, 0.15) is 0 Å². The maximum Gasteiger partial charge on any atom is 0.433 e. The van der Waals surface area contributed by atoms with E-state index >= 15 is 0 Å². The van der Waals surface area contributed by atoms with Gasteiger partial charge in [0.25, 0.3) is 0 Å². The lowest BCUT2D eigenvalue weighted by Gasteiger charge is -2.18. The number of nitrogens with zero attached hydrogens (tertiary/aromatic N) is 1. The van der Waals surface area contributed by atoms with Crippen LogP contribution in [-0.2, 0) is 10.9 Å². The van der Waals surface area contributed by atoms with Gasteiger partial charge in [-0.2, -0.15) is 13.2 Å². The Balaban J connectivity index is 2.59. The highest BCUT2D eigenvalue weighted by molar-refractivity contribution is 5.89. The van der Waals surface area contributed by atoms with E-state index in [2.05, 4.69) is 4.98 Å². The number of carboxylic acids is 1. The van der Waals surface area contributed by atoms with Gasteiger partial charge < -0.3 is 9.84 Å². The standard InChI is InChI=1S/C11H10F3NO3/c12-11(13,14)9-8(7-2-1-5-18-7)6(10(16)17)3-4-15-9/h3-4,7H,1-2,5H2,(H,16,17). The zero-order valence-corrected chi connectivity index (χ0v) is 9.20. The van der Waals surface area contributed by atoms with E-state index in [-0.39, 0.29) is 5.56 Å². The van der Waals surface area contributed by atoms with E-state index in [9.17, 15) is 18.0 Å². The molecule has 0 radical (unpaired) electrons. The Hall–Kier alpha value is -1.63. The Morgan fingerprint density at radius 1 is 1.50 bits per heavy atom. The van der Waals surface area contributed by atoms with Gasteiger partial charge in [0, 0.05) is 18.4 Å². The predicted molar refractivity (Wildman–Crippen MR) is 54.1 cm³/mol. The van der Waals surface area contributed by atoms with Gasteiger partial charge in [-0.05, 0) is 18.9 Å². The number of hydrogen-bond donors (Lipinski definition) is 1. The van der Waals surface area contributed by atoms with Crippen molar-refractivity contribution in [3.05, 3.63) is 29.1 Å². The molecule has 2 rings (SSSR count). The molecule has 98 valence electrons. The average molecular weight is 261 g/mol. The van der Waals surface area contributed by atoms with Gasteiger partial charge in [0.15, 0.2) is 5.69 Å². The van der Waals surface area contributed by atoms with Crippen LogP contribution in [0.2, 0.25) is 0 Å². The molecule has 0 amide bonds. The van der Waals surface area contributed by atoms with Crippen molar-refractivity contribution < 1.29 is 27.8 Å². The minimum Gasteiger partial charge on any atom is -0.478 e. The number of aromatic nitrogens is 1. The van der Waals surface area contributed by atoms with Gasteiger partial charge in [-0.25, -0.2) is 4.79 Å². The molecule has 7 heteroatoms. The Morgan fingerprint density at radius 3 is 2.72 bits per heavy atom. The van der Waals surface area contributed by atoms with E-state index in [1.165, 1.54) is 0 Å². The molecule has 0 aromatic carbocycles. The molecular weight excluding hydrogens is 251 g/mol. The molecule has 1 saturated heterocycles. The molecule has 1 aliphatic heterocycles. The molecule has 1 aromatic rings. The van der Waals surface area contributed by atoms with Crippen LogP contribution in [0.25, 0.3) is 0 Å². The van der Waals surface area contributed by atoms with Crippen molar-refractivity contribution in [3.63, 3.8) is 0 Å². The van der Waals surface area contributed by atoms with Crippen LogP contribution < -0.4 is 0 Å². The van der Waals surface area contributed by atoms with Crippen LogP contribution >= 0.6 is 0 Å². The first-order valence-corrected chi connectivity index (χ1v) is 5.32. The monoisotopic (exact) mass is 261 g/mol. The van der Waals surface area contributed by atoms with Crippen LogP contribution in [-0.4, -0.2) is 22.7 Å². The molecule has 1 unspecified atom stereocenters. The first kappa shape index (κ1) is 12.8. The second kappa shape index (κ2) is 4.56. The highest BCUT2D eigenvalue weighted by Crippen LogP contribution is 2.39. The van der Waals surface area contributed by atoms with Gasteiger partial charge in [0.2, 0.25) is 0 Å². The number of carboxylic acid groups (broad SMARTS) is 1. The molecule has 1 aliphatic rings. The number of hydrogen-bond acceptors (Lipinski definition) is 3. The lowest BCUT2D eigenvalue weighted by atomic mass is 9.98. The van der Waals surface area contributed by atoms with E-state index in [0.29, 0.717) is 19.4 Å². The maximum atomic E-state index is 12.8. The SMILES string of the molecule is O=C(O)c1ccnc(C(F)(F)F)c1C1CCCO1. The third-order valence-electron chi connectivity index (χ3n) is 2.74. The Bertz CT molecular complexity index is 467.